The third-order valence-corrected chi connectivity index (χ3v) is 4.76. The first-order valence-corrected chi connectivity index (χ1v) is 9.45. The van der Waals surface area contributed by atoms with E-state index < -0.39 is 5.97 Å². The van der Waals surface area contributed by atoms with Crippen molar-refractivity contribution in [1.29, 1.82) is 0 Å². The molecule has 1 amide bonds. The Labute approximate surface area is 164 Å². The quantitative estimate of drug-likeness (QED) is 0.356. The number of rotatable bonds is 6. The van der Waals surface area contributed by atoms with Crippen LogP contribution >= 0.6 is 0 Å². The Morgan fingerprint density at radius 1 is 1.04 bits per heavy atom. The molecular weight excluding hydrogens is 356 g/mol. The Morgan fingerprint density at radius 3 is 2.50 bits per heavy atom. The Morgan fingerprint density at radius 2 is 1.79 bits per heavy atom. The molecule has 1 saturated carbocycles. The summed E-state index contributed by atoms with van der Waals surface area (Å²) >= 11 is 0. The van der Waals surface area contributed by atoms with Gasteiger partial charge in [0, 0.05) is 5.92 Å². The van der Waals surface area contributed by atoms with E-state index in [9.17, 15) is 9.59 Å². The minimum absolute atomic E-state index is 0.0312. The topological polar surface area (TPSA) is 77.0 Å². The molecule has 6 heteroatoms. The van der Waals surface area contributed by atoms with Crippen molar-refractivity contribution >= 4 is 18.1 Å². The predicted octanol–water partition coefficient (Wildman–Crippen LogP) is 3.94. The van der Waals surface area contributed by atoms with Crippen LogP contribution in [0, 0.1) is 5.92 Å². The van der Waals surface area contributed by atoms with Crippen LogP contribution in [-0.4, -0.2) is 25.2 Å². The molecule has 0 atom stereocenters. The zero-order valence-electron chi connectivity index (χ0n) is 15.9. The molecule has 0 aliphatic heterocycles. The second-order valence-electron chi connectivity index (χ2n) is 6.74. The average Bonchev–Trinajstić information content (AvgIpc) is 2.75. The van der Waals surface area contributed by atoms with Gasteiger partial charge in [-0.25, -0.2) is 10.2 Å². The van der Waals surface area contributed by atoms with Crippen LogP contribution in [0.1, 0.15) is 48.0 Å². The zero-order chi connectivity index (χ0) is 19.8. The van der Waals surface area contributed by atoms with Crippen LogP contribution in [0.4, 0.5) is 0 Å². The lowest BCUT2D eigenvalue weighted by molar-refractivity contribution is -0.125. The third-order valence-electron chi connectivity index (χ3n) is 4.76. The second kappa shape index (κ2) is 9.69. The summed E-state index contributed by atoms with van der Waals surface area (Å²) in [6, 6.07) is 13.8. The number of esters is 1. The maximum absolute atomic E-state index is 12.2. The summed E-state index contributed by atoms with van der Waals surface area (Å²) in [5.41, 5.74) is 3.79. The predicted molar refractivity (Wildman–Crippen MR) is 107 cm³/mol. The third kappa shape index (κ3) is 5.19. The van der Waals surface area contributed by atoms with E-state index in [-0.39, 0.29) is 11.8 Å². The second-order valence-corrected chi connectivity index (χ2v) is 6.74. The highest BCUT2D eigenvalue weighted by molar-refractivity contribution is 5.91. The van der Waals surface area contributed by atoms with Gasteiger partial charge >= 0.3 is 5.97 Å². The molecule has 0 saturated heterocycles. The first-order valence-electron chi connectivity index (χ1n) is 9.45. The zero-order valence-corrected chi connectivity index (χ0v) is 15.9. The lowest BCUT2D eigenvalue weighted by Crippen LogP contribution is -2.28. The normalized spacial score (nSPS) is 14.6. The van der Waals surface area contributed by atoms with Crippen LogP contribution in [0.3, 0.4) is 0 Å². The summed E-state index contributed by atoms with van der Waals surface area (Å²) in [6.07, 6.45) is 6.80. The maximum Gasteiger partial charge on any atom is 0.343 e. The standard InChI is InChI=1S/C22H24N2O4/c1-27-20-14-16(15-23-24-21(25)17-8-4-2-5-9-17)12-13-19(20)28-22(26)18-10-6-3-7-11-18/h3,6-7,10-15,17H,2,4-5,8-9H2,1H3,(H,24,25)/b23-15-. The summed E-state index contributed by atoms with van der Waals surface area (Å²) in [4.78, 5) is 24.3. The van der Waals surface area contributed by atoms with Gasteiger partial charge in [-0.3, -0.25) is 4.79 Å². The van der Waals surface area contributed by atoms with Crippen LogP contribution in [0.15, 0.2) is 53.6 Å². The van der Waals surface area contributed by atoms with E-state index in [1.807, 2.05) is 6.07 Å². The smallest absolute Gasteiger partial charge is 0.343 e. The number of carbonyl (C=O) groups excluding carboxylic acids is 2. The largest absolute Gasteiger partial charge is 0.493 e. The van der Waals surface area contributed by atoms with Crippen molar-refractivity contribution in [3.63, 3.8) is 0 Å². The van der Waals surface area contributed by atoms with Gasteiger partial charge in [-0.05, 0) is 48.7 Å². The van der Waals surface area contributed by atoms with Crippen molar-refractivity contribution in [3.8, 4) is 11.5 Å². The molecule has 0 bridgehead atoms. The number of hydrogen-bond acceptors (Lipinski definition) is 5. The van der Waals surface area contributed by atoms with Crippen molar-refractivity contribution in [3.05, 3.63) is 59.7 Å². The summed E-state index contributed by atoms with van der Waals surface area (Å²) in [7, 11) is 1.50. The molecule has 3 rings (SSSR count). The summed E-state index contributed by atoms with van der Waals surface area (Å²) in [6.45, 7) is 0. The van der Waals surface area contributed by atoms with Crippen molar-refractivity contribution in [2.45, 2.75) is 32.1 Å². The van der Waals surface area contributed by atoms with Gasteiger partial charge in [0.05, 0.1) is 18.9 Å². The molecule has 0 heterocycles. The fraction of sp³-hybridized carbons (Fsp3) is 0.318. The van der Waals surface area contributed by atoms with Crippen molar-refractivity contribution < 1.29 is 19.1 Å². The molecule has 1 aliphatic rings. The van der Waals surface area contributed by atoms with E-state index in [1.165, 1.54) is 13.5 Å². The fourth-order valence-electron chi connectivity index (χ4n) is 3.21. The highest BCUT2D eigenvalue weighted by Crippen LogP contribution is 2.28. The monoisotopic (exact) mass is 380 g/mol. The van der Waals surface area contributed by atoms with Gasteiger partial charge < -0.3 is 9.47 Å². The number of methoxy groups -OCH3 is 1. The van der Waals surface area contributed by atoms with E-state index in [0.717, 1.165) is 31.2 Å². The SMILES string of the molecule is COc1cc(/C=N\NC(=O)C2CCCCC2)ccc1OC(=O)c1ccccc1. The molecule has 0 aromatic heterocycles. The number of benzene rings is 2. The van der Waals surface area contributed by atoms with Crippen LogP contribution in [0.2, 0.25) is 0 Å². The molecule has 0 radical (unpaired) electrons. The number of amides is 1. The Kier molecular flexibility index (Phi) is 6.78. The maximum atomic E-state index is 12.2. The molecule has 2 aromatic carbocycles. The van der Waals surface area contributed by atoms with Gasteiger partial charge in [-0.15, -0.1) is 0 Å². The van der Waals surface area contributed by atoms with Gasteiger partial charge in [0.1, 0.15) is 0 Å². The average molecular weight is 380 g/mol. The molecular formula is C22H24N2O4. The molecule has 2 aromatic rings. The summed E-state index contributed by atoms with van der Waals surface area (Å²) in [5, 5.41) is 4.04. The van der Waals surface area contributed by atoms with Gasteiger partial charge in [-0.2, -0.15) is 5.10 Å². The molecule has 6 nitrogen and oxygen atoms in total. The van der Waals surface area contributed by atoms with Crippen LogP contribution < -0.4 is 14.9 Å². The highest BCUT2D eigenvalue weighted by Gasteiger charge is 2.20. The number of ether oxygens (including phenoxy) is 2. The molecule has 28 heavy (non-hydrogen) atoms. The van der Waals surface area contributed by atoms with E-state index in [2.05, 4.69) is 10.5 Å². The molecule has 146 valence electrons. The number of nitrogens with one attached hydrogen (secondary N) is 1. The van der Waals surface area contributed by atoms with E-state index in [1.54, 1.807) is 48.7 Å². The number of nitrogens with zero attached hydrogens (tertiary/aromatic N) is 1. The number of hydrazone groups is 1. The first-order chi connectivity index (χ1) is 13.7. The molecule has 1 fully saturated rings. The highest BCUT2D eigenvalue weighted by atomic mass is 16.6. The van der Waals surface area contributed by atoms with Crippen molar-refractivity contribution in [2.75, 3.05) is 7.11 Å². The van der Waals surface area contributed by atoms with Crippen LogP contribution in [0.25, 0.3) is 0 Å². The fourth-order valence-corrected chi connectivity index (χ4v) is 3.21. The van der Waals surface area contributed by atoms with Gasteiger partial charge in [-0.1, -0.05) is 37.5 Å². The number of hydrogen-bond donors (Lipinski definition) is 1. The van der Waals surface area contributed by atoms with Crippen molar-refractivity contribution in [1.82, 2.24) is 5.43 Å². The van der Waals surface area contributed by atoms with Gasteiger partial charge in [0.15, 0.2) is 11.5 Å². The molecule has 1 aliphatic carbocycles. The van der Waals surface area contributed by atoms with E-state index in [4.69, 9.17) is 9.47 Å². The van der Waals surface area contributed by atoms with Crippen LogP contribution in [-0.2, 0) is 4.79 Å². The Balaban J connectivity index is 1.62. The first kappa shape index (κ1) is 19.6. The molecule has 0 unspecified atom stereocenters. The summed E-state index contributed by atoms with van der Waals surface area (Å²) in [5.74, 6) is 0.295. The summed E-state index contributed by atoms with van der Waals surface area (Å²) < 4.78 is 10.7. The van der Waals surface area contributed by atoms with E-state index >= 15 is 0 Å². The minimum atomic E-state index is -0.458. The van der Waals surface area contributed by atoms with E-state index in [0.29, 0.717) is 17.1 Å². The van der Waals surface area contributed by atoms with Gasteiger partial charge in [0.2, 0.25) is 5.91 Å². The van der Waals surface area contributed by atoms with Crippen LogP contribution in [0.5, 0.6) is 11.5 Å². The lowest BCUT2D eigenvalue weighted by Gasteiger charge is -2.19. The number of carbonyl (C=O) groups is 2. The Bertz CT molecular complexity index is 843. The minimum Gasteiger partial charge on any atom is -0.493 e. The van der Waals surface area contributed by atoms with Gasteiger partial charge in [0.25, 0.3) is 0 Å². The Hall–Kier alpha value is -3.15. The van der Waals surface area contributed by atoms with Crippen molar-refractivity contribution in [2.24, 2.45) is 11.0 Å². The molecule has 1 N–H and O–H groups in total. The lowest BCUT2D eigenvalue weighted by atomic mass is 9.89. The molecule has 0 spiro atoms.